The average Bonchev–Trinajstić information content (AvgIpc) is 3.14. The summed E-state index contributed by atoms with van der Waals surface area (Å²) in [6, 6.07) is 0. The molecule has 0 saturated carbocycles. The normalized spacial score (nSPS) is 11.6. The topological polar surface area (TPSA) is 59.1 Å². The molecule has 6 nitrogen and oxygen atoms in total. The number of rotatable bonds is 44. The first-order chi connectivity index (χ1) is 26.0. The number of nitrogens with zero attached hydrogens (tertiary/aromatic N) is 2. The molecule has 0 aliphatic carbocycles. The zero-order valence-corrected chi connectivity index (χ0v) is 36.5. The van der Waals surface area contributed by atoms with E-state index < -0.39 is 0 Å². The summed E-state index contributed by atoms with van der Waals surface area (Å²) in [5, 5.41) is 0. The summed E-state index contributed by atoms with van der Waals surface area (Å²) in [6.07, 6.45) is 44.7. The zero-order chi connectivity index (χ0) is 38.7. The molecule has 0 N–H and O–H groups in total. The van der Waals surface area contributed by atoms with E-state index in [2.05, 4.69) is 37.7 Å². The number of ether oxygens (including phenoxy) is 2. The van der Waals surface area contributed by atoms with Crippen LogP contribution in [0, 0.1) is 0 Å². The van der Waals surface area contributed by atoms with Crippen LogP contribution in [0.3, 0.4) is 0 Å². The molecule has 0 aliphatic rings. The van der Waals surface area contributed by atoms with Crippen molar-refractivity contribution in [2.24, 2.45) is 0 Å². The van der Waals surface area contributed by atoms with Crippen LogP contribution >= 0.6 is 0 Å². The van der Waals surface area contributed by atoms with Crippen LogP contribution in [0.4, 0.5) is 0 Å². The third-order valence-corrected chi connectivity index (χ3v) is 10.9. The van der Waals surface area contributed by atoms with E-state index in [1.54, 1.807) is 0 Å². The SMILES string of the molecule is CCCCCCCCCCCCCCCCCCOC(=O)CCN(CCCN(C)C)CCC(=O)OCCCCCCCCCCCCCCCCCC. The van der Waals surface area contributed by atoms with E-state index in [4.69, 9.17) is 9.47 Å². The van der Waals surface area contributed by atoms with Gasteiger partial charge in [-0.25, -0.2) is 0 Å². The van der Waals surface area contributed by atoms with Gasteiger partial charge in [0.15, 0.2) is 0 Å². The fourth-order valence-electron chi connectivity index (χ4n) is 7.26. The van der Waals surface area contributed by atoms with E-state index >= 15 is 0 Å². The van der Waals surface area contributed by atoms with Gasteiger partial charge < -0.3 is 19.3 Å². The Balaban J connectivity index is 3.79. The summed E-state index contributed by atoms with van der Waals surface area (Å²) < 4.78 is 11.1. The molecule has 6 heteroatoms. The van der Waals surface area contributed by atoms with Gasteiger partial charge in [-0.3, -0.25) is 9.59 Å². The summed E-state index contributed by atoms with van der Waals surface area (Å²) in [7, 11) is 4.16. The second-order valence-corrected chi connectivity index (χ2v) is 16.5. The largest absolute Gasteiger partial charge is 0.466 e. The molecule has 0 aromatic rings. The molecule has 0 aromatic heterocycles. The summed E-state index contributed by atoms with van der Waals surface area (Å²) in [5.41, 5.74) is 0. The summed E-state index contributed by atoms with van der Waals surface area (Å²) in [5.74, 6) is -0.232. The van der Waals surface area contributed by atoms with Gasteiger partial charge >= 0.3 is 11.9 Å². The summed E-state index contributed by atoms with van der Waals surface area (Å²) >= 11 is 0. The molecule has 0 atom stereocenters. The van der Waals surface area contributed by atoms with Crippen LogP contribution < -0.4 is 0 Å². The standard InChI is InChI=1S/C47H94N2O4/c1-5-7-9-11-13-15-17-19-21-23-25-27-29-31-33-35-44-52-46(50)38-42-49(41-37-40-48(3)4)43-39-47(51)53-45-36-34-32-30-28-26-24-22-20-18-16-14-12-10-8-6-2/h5-45H2,1-4H3. The van der Waals surface area contributed by atoms with Gasteiger partial charge in [0.1, 0.15) is 0 Å². The number of carbonyl (C=O) groups is 2. The van der Waals surface area contributed by atoms with Gasteiger partial charge in [-0.2, -0.15) is 0 Å². The van der Waals surface area contributed by atoms with Gasteiger partial charge in [-0.15, -0.1) is 0 Å². The number of unbranched alkanes of at least 4 members (excludes halogenated alkanes) is 30. The van der Waals surface area contributed by atoms with Gasteiger partial charge in [0.05, 0.1) is 26.1 Å². The second-order valence-electron chi connectivity index (χ2n) is 16.5. The Morgan fingerprint density at radius 3 is 0.868 bits per heavy atom. The van der Waals surface area contributed by atoms with Crippen LogP contribution in [0.15, 0.2) is 0 Å². The van der Waals surface area contributed by atoms with Crippen LogP contribution in [0.25, 0.3) is 0 Å². The van der Waals surface area contributed by atoms with Crippen LogP contribution in [0.1, 0.15) is 239 Å². The highest BCUT2D eigenvalue weighted by molar-refractivity contribution is 5.70. The lowest BCUT2D eigenvalue weighted by Crippen LogP contribution is -2.32. The van der Waals surface area contributed by atoms with Crippen molar-refractivity contribution in [2.75, 3.05) is 53.5 Å². The van der Waals surface area contributed by atoms with Gasteiger partial charge in [-0.1, -0.05) is 206 Å². The van der Waals surface area contributed by atoms with E-state index in [1.165, 1.54) is 180 Å². The molecule has 0 unspecified atom stereocenters. The van der Waals surface area contributed by atoms with E-state index in [1.807, 2.05) is 0 Å². The maximum Gasteiger partial charge on any atom is 0.307 e. The van der Waals surface area contributed by atoms with Crippen molar-refractivity contribution in [3.05, 3.63) is 0 Å². The van der Waals surface area contributed by atoms with Gasteiger partial charge in [-0.05, 0) is 46.4 Å². The fraction of sp³-hybridized carbons (Fsp3) is 0.957. The summed E-state index contributed by atoms with van der Waals surface area (Å²) in [4.78, 5) is 29.3. The van der Waals surface area contributed by atoms with Crippen molar-refractivity contribution in [2.45, 2.75) is 239 Å². The maximum atomic E-state index is 12.5. The Kier molecular flexibility index (Phi) is 42.6. The number of hydrogen-bond acceptors (Lipinski definition) is 6. The molecule has 0 aliphatic heterocycles. The van der Waals surface area contributed by atoms with Crippen LogP contribution in [-0.2, 0) is 19.1 Å². The molecule has 0 heterocycles. The van der Waals surface area contributed by atoms with Crippen molar-refractivity contribution in [1.82, 2.24) is 9.80 Å². The third kappa shape index (κ3) is 43.5. The smallest absolute Gasteiger partial charge is 0.307 e. The highest BCUT2D eigenvalue weighted by Gasteiger charge is 2.13. The van der Waals surface area contributed by atoms with Gasteiger partial charge in [0, 0.05) is 13.1 Å². The highest BCUT2D eigenvalue weighted by Crippen LogP contribution is 2.15. The molecule has 0 fully saturated rings. The molecule has 316 valence electrons. The fourth-order valence-corrected chi connectivity index (χ4v) is 7.26. The Morgan fingerprint density at radius 1 is 0.340 bits per heavy atom. The first-order valence-electron chi connectivity index (χ1n) is 23.7. The molecule has 0 rings (SSSR count). The van der Waals surface area contributed by atoms with Crippen molar-refractivity contribution >= 4 is 11.9 Å². The number of carbonyl (C=O) groups excluding carboxylic acids is 2. The van der Waals surface area contributed by atoms with Gasteiger partial charge in [0.2, 0.25) is 0 Å². The molecule has 0 radical (unpaired) electrons. The highest BCUT2D eigenvalue weighted by atomic mass is 16.5. The Hall–Kier alpha value is -1.14. The minimum absolute atomic E-state index is 0.116. The molecule has 0 aromatic carbocycles. The van der Waals surface area contributed by atoms with E-state index in [0.29, 0.717) is 39.1 Å². The molecular formula is C47H94N2O4. The molecule has 0 spiro atoms. The average molecular weight is 751 g/mol. The van der Waals surface area contributed by atoms with E-state index in [9.17, 15) is 9.59 Å². The first-order valence-corrected chi connectivity index (χ1v) is 23.7. The predicted octanol–water partition coefficient (Wildman–Crippen LogP) is 13.6. The summed E-state index contributed by atoms with van der Waals surface area (Å²) in [6.45, 7) is 8.77. The molecule has 0 saturated heterocycles. The monoisotopic (exact) mass is 751 g/mol. The van der Waals surface area contributed by atoms with Crippen molar-refractivity contribution in [1.29, 1.82) is 0 Å². The number of esters is 2. The van der Waals surface area contributed by atoms with Crippen LogP contribution in [0.2, 0.25) is 0 Å². The van der Waals surface area contributed by atoms with E-state index in [0.717, 1.165) is 45.2 Å². The Labute approximate surface area is 332 Å². The maximum absolute atomic E-state index is 12.5. The van der Waals surface area contributed by atoms with Crippen LogP contribution in [-0.4, -0.2) is 75.2 Å². The predicted molar refractivity (Wildman–Crippen MR) is 230 cm³/mol. The first kappa shape index (κ1) is 51.9. The molecule has 0 amide bonds. The lowest BCUT2D eigenvalue weighted by atomic mass is 10.0. The van der Waals surface area contributed by atoms with Crippen molar-refractivity contribution < 1.29 is 19.1 Å². The molecule has 0 bridgehead atoms. The Bertz CT molecular complexity index is 692. The quantitative estimate of drug-likeness (QED) is 0.0456. The molecule has 53 heavy (non-hydrogen) atoms. The molecular weight excluding hydrogens is 657 g/mol. The van der Waals surface area contributed by atoms with E-state index in [-0.39, 0.29) is 11.9 Å². The lowest BCUT2D eigenvalue weighted by Gasteiger charge is -2.22. The minimum Gasteiger partial charge on any atom is -0.466 e. The lowest BCUT2D eigenvalue weighted by molar-refractivity contribution is -0.144. The third-order valence-electron chi connectivity index (χ3n) is 10.9. The Morgan fingerprint density at radius 2 is 0.604 bits per heavy atom. The van der Waals surface area contributed by atoms with Crippen LogP contribution in [0.5, 0.6) is 0 Å². The van der Waals surface area contributed by atoms with Crippen molar-refractivity contribution in [3.63, 3.8) is 0 Å². The minimum atomic E-state index is -0.116. The van der Waals surface area contributed by atoms with Gasteiger partial charge in [0.25, 0.3) is 0 Å². The second kappa shape index (κ2) is 43.6. The van der Waals surface area contributed by atoms with Crippen molar-refractivity contribution in [3.8, 4) is 0 Å². The zero-order valence-electron chi connectivity index (χ0n) is 36.5. The number of hydrogen-bond donors (Lipinski definition) is 0.